The van der Waals surface area contributed by atoms with Crippen LogP contribution < -0.4 is 16.3 Å². The lowest BCUT2D eigenvalue weighted by atomic mass is 10.2. The maximum Gasteiger partial charge on any atom is 0.351 e. The summed E-state index contributed by atoms with van der Waals surface area (Å²) in [5, 5.41) is 30.3. The minimum atomic E-state index is -1.51. The summed E-state index contributed by atoms with van der Waals surface area (Å²) >= 11 is 0. The number of nitrogen functional groups attached to an aromatic ring is 1. The summed E-state index contributed by atoms with van der Waals surface area (Å²) in [5.41, 5.74) is 4.70. The Morgan fingerprint density at radius 2 is 1.96 bits per heavy atom. The molecule has 0 saturated carbocycles. The van der Waals surface area contributed by atoms with Crippen molar-refractivity contribution in [3.05, 3.63) is 41.2 Å². The number of ether oxygens (including phenoxy) is 1. The van der Waals surface area contributed by atoms with Gasteiger partial charge in [0.1, 0.15) is 11.9 Å². The molecule has 4 atom stereocenters. The van der Waals surface area contributed by atoms with Crippen LogP contribution in [0.4, 0.5) is 11.8 Å². The number of morpholine rings is 1. The van der Waals surface area contributed by atoms with E-state index < -0.39 is 37.1 Å². The molecule has 2 aromatic heterocycles. The molecule has 11 nitrogen and oxygen atoms in total. The number of aromatic nitrogens is 4. The van der Waals surface area contributed by atoms with Crippen LogP contribution in [-0.2, 0) is 4.74 Å². The molecule has 11 heteroatoms. The van der Waals surface area contributed by atoms with Gasteiger partial charge in [0.2, 0.25) is 5.95 Å². The van der Waals surface area contributed by atoms with E-state index in [4.69, 9.17) is 10.5 Å². The Morgan fingerprint density at radius 1 is 1.25 bits per heavy atom. The minimum absolute atomic E-state index is 0.0145. The van der Waals surface area contributed by atoms with E-state index in [-0.39, 0.29) is 11.8 Å². The monoisotopic (exact) mass is 336 g/mol. The fourth-order valence-electron chi connectivity index (χ4n) is 2.42. The van der Waals surface area contributed by atoms with Crippen molar-refractivity contribution in [1.82, 2.24) is 19.5 Å². The predicted octanol–water partition coefficient (Wildman–Crippen LogP) is -2.35. The van der Waals surface area contributed by atoms with Crippen LogP contribution in [0.2, 0.25) is 0 Å². The molecule has 0 aromatic carbocycles. The second-order valence-electron chi connectivity index (χ2n) is 5.07. The topological polar surface area (TPSA) is 160 Å². The highest BCUT2D eigenvalue weighted by molar-refractivity contribution is 5.32. The first kappa shape index (κ1) is 16.3. The molecule has 5 N–H and O–H groups in total. The highest BCUT2D eigenvalue weighted by atomic mass is 16.6. The smallest absolute Gasteiger partial charge is 0.351 e. The van der Waals surface area contributed by atoms with Crippen LogP contribution in [0.5, 0.6) is 0 Å². The van der Waals surface area contributed by atoms with Crippen LogP contribution in [0.1, 0.15) is 6.23 Å². The van der Waals surface area contributed by atoms with Gasteiger partial charge in [-0.2, -0.15) is 4.98 Å². The van der Waals surface area contributed by atoms with E-state index in [0.717, 1.165) is 9.47 Å². The maximum absolute atomic E-state index is 12.0. The standard InChI is InChI=1S/C13H16N6O5/c14-8-2-5-18(13(23)17-8)11-10(22)19(9(21)7(6-20)24-11)12-15-3-1-4-16-12/h1-5,7,9-11,20-22H,6H2,(H2,14,17,23)/t7-,9?,10?,11-/m1/s1. The molecule has 1 fully saturated rings. The fraction of sp³-hybridized carbons (Fsp3) is 0.385. The Labute approximate surface area is 135 Å². The Balaban J connectivity index is 2.03. The summed E-state index contributed by atoms with van der Waals surface area (Å²) in [5.74, 6) is 0.0317. The molecule has 2 unspecified atom stereocenters. The first-order chi connectivity index (χ1) is 11.5. The van der Waals surface area contributed by atoms with E-state index in [1.54, 1.807) is 6.07 Å². The molecule has 0 amide bonds. The largest absolute Gasteiger partial charge is 0.393 e. The molecule has 24 heavy (non-hydrogen) atoms. The summed E-state index contributed by atoms with van der Waals surface area (Å²) < 4.78 is 6.46. The van der Waals surface area contributed by atoms with Crippen molar-refractivity contribution in [3.63, 3.8) is 0 Å². The van der Waals surface area contributed by atoms with E-state index in [0.29, 0.717) is 0 Å². The van der Waals surface area contributed by atoms with Crippen molar-refractivity contribution in [2.45, 2.75) is 24.8 Å². The molecule has 128 valence electrons. The second kappa shape index (κ2) is 6.49. The number of hydrogen-bond donors (Lipinski definition) is 4. The number of aliphatic hydroxyl groups excluding tert-OH is 3. The summed E-state index contributed by atoms with van der Waals surface area (Å²) in [6.07, 6.45) is -1.13. The number of aliphatic hydroxyl groups is 3. The Hall–Kier alpha value is -2.60. The van der Waals surface area contributed by atoms with Gasteiger partial charge >= 0.3 is 5.69 Å². The summed E-state index contributed by atoms with van der Waals surface area (Å²) in [6.45, 7) is -0.551. The van der Waals surface area contributed by atoms with Gasteiger partial charge in [-0.15, -0.1) is 0 Å². The molecule has 0 bridgehead atoms. The van der Waals surface area contributed by atoms with E-state index in [1.807, 2.05) is 0 Å². The van der Waals surface area contributed by atoms with Gasteiger partial charge in [0, 0.05) is 18.6 Å². The molecule has 0 radical (unpaired) electrons. The highest BCUT2D eigenvalue weighted by Crippen LogP contribution is 2.30. The van der Waals surface area contributed by atoms with E-state index >= 15 is 0 Å². The van der Waals surface area contributed by atoms with Gasteiger partial charge in [-0.1, -0.05) is 0 Å². The SMILES string of the molecule is Nc1ccn([C@@H]2O[C@H](CO)C(O)N(c3ncccn3)C2O)c(=O)n1. The van der Waals surface area contributed by atoms with E-state index in [2.05, 4.69) is 15.0 Å². The van der Waals surface area contributed by atoms with Crippen LogP contribution in [0.25, 0.3) is 0 Å². The normalized spacial score (nSPS) is 27.2. The number of nitrogens with zero attached hydrogens (tertiary/aromatic N) is 5. The average molecular weight is 336 g/mol. The first-order valence-corrected chi connectivity index (χ1v) is 7.05. The number of rotatable bonds is 3. The number of anilines is 2. The minimum Gasteiger partial charge on any atom is -0.393 e. The molecule has 0 spiro atoms. The Kier molecular flexibility index (Phi) is 4.40. The van der Waals surface area contributed by atoms with Gasteiger partial charge in [0.15, 0.2) is 18.7 Å². The van der Waals surface area contributed by atoms with Crippen LogP contribution in [0.3, 0.4) is 0 Å². The predicted molar refractivity (Wildman–Crippen MR) is 80.4 cm³/mol. The molecule has 0 aliphatic carbocycles. The molecular weight excluding hydrogens is 320 g/mol. The molecule has 3 rings (SSSR count). The summed E-state index contributed by atoms with van der Waals surface area (Å²) in [6, 6.07) is 2.93. The first-order valence-electron chi connectivity index (χ1n) is 7.05. The van der Waals surface area contributed by atoms with Gasteiger partial charge in [0.25, 0.3) is 0 Å². The zero-order chi connectivity index (χ0) is 17.3. The van der Waals surface area contributed by atoms with E-state index in [1.165, 1.54) is 24.7 Å². The van der Waals surface area contributed by atoms with Crippen LogP contribution in [-0.4, -0.2) is 60.0 Å². The van der Waals surface area contributed by atoms with Crippen molar-refractivity contribution in [1.29, 1.82) is 0 Å². The molecule has 1 aliphatic rings. The van der Waals surface area contributed by atoms with Gasteiger partial charge in [-0.25, -0.2) is 14.8 Å². The lowest BCUT2D eigenvalue weighted by molar-refractivity contribution is -0.205. The van der Waals surface area contributed by atoms with Gasteiger partial charge in [-0.3, -0.25) is 9.47 Å². The van der Waals surface area contributed by atoms with Crippen molar-refractivity contribution >= 4 is 11.8 Å². The Bertz CT molecular complexity index is 756. The average Bonchev–Trinajstić information content (AvgIpc) is 2.57. The van der Waals surface area contributed by atoms with Crippen LogP contribution >= 0.6 is 0 Å². The van der Waals surface area contributed by atoms with Crippen molar-refractivity contribution in [3.8, 4) is 0 Å². The molecule has 2 aromatic rings. The zero-order valence-electron chi connectivity index (χ0n) is 12.4. The third-order valence-electron chi connectivity index (χ3n) is 3.56. The van der Waals surface area contributed by atoms with E-state index in [9.17, 15) is 20.1 Å². The van der Waals surface area contributed by atoms with Crippen LogP contribution in [0, 0.1) is 0 Å². The number of hydrogen-bond acceptors (Lipinski definition) is 10. The fourth-order valence-corrected chi connectivity index (χ4v) is 2.42. The van der Waals surface area contributed by atoms with Crippen molar-refractivity contribution in [2.24, 2.45) is 0 Å². The third-order valence-corrected chi connectivity index (χ3v) is 3.56. The van der Waals surface area contributed by atoms with Gasteiger partial charge in [-0.05, 0) is 12.1 Å². The maximum atomic E-state index is 12.0. The number of nitrogens with two attached hydrogens (primary N) is 1. The molecule has 1 saturated heterocycles. The van der Waals surface area contributed by atoms with Crippen LogP contribution in [0.15, 0.2) is 35.5 Å². The Morgan fingerprint density at radius 3 is 2.58 bits per heavy atom. The molecule has 1 aliphatic heterocycles. The van der Waals surface area contributed by atoms with Crippen molar-refractivity contribution in [2.75, 3.05) is 17.2 Å². The van der Waals surface area contributed by atoms with Gasteiger partial charge in [0.05, 0.1) is 6.61 Å². The second-order valence-corrected chi connectivity index (χ2v) is 5.07. The zero-order valence-corrected chi connectivity index (χ0v) is 12.4. The van der Waals surface area contributed by atoms with Gasteiger partial charge < -0.3 is 25.8 Å². The lowest BCUT2D eigenvalue weighted by Crippen LogP contribution is -2.61. The highest BCUT2D eigenvalue weighted by Gasteiger charge is 2.44. The summed E-state index contributed by atoms with van der Waals surface area (Å²) in [7, 11) is 0. The quantitative estimate of drug-likeness (QED) is 0.477. The molecular formula is C13H16N6O5. The lowest BCUT2D eigenvalue weighted by Gasteiger charge is -2.44. The van der Waals surface area contributed by atoms with Crippen molar-refractivity contribution < 1.29 is 20.1 Å². The summed E-state index contributed by atoms with van der Waals surface area (Å²) in [4.78, 5) is 24.6. The third kappa shape index (κ3) is 2.80. The molecule has 3 heterocycles.